The van der Waals surface area contributed by atoms with E-state index >= 15 is 0 Å². The number of hydrogen-bond acceptors (Lipinski definition) is 6. The van der Waals surface area contributed by atoms with Crippen LogP contribution in [0.5, 0.6) is 0 Å². The molecule has 0 amide bonds. The molecule has 2 heterocycles. The minimum atomic E-state index is -3.89. The van der Waals surface area contributed by atoms with E-state index in [4.69, 9.17) is 11.6 Å². The summed E-state index contributed by atoms with van der Waals surface area (Å²) in [4.78, 5) is 14.3. The first-order valence-electron chi connectivity index (χ1n) is 7.51. The number of rotatable bonds is 6. The van der Waals surface area contributed by atoms with Crippen LogP contribution in [0.25, 0.3) is 5.65 Å². The highest BCUT2D eigenvalue weighted by molar-refractivity contribution is 7.89. The number of sulfonamides is 1. The maximum Gasteiger partial charge on any atom is 0.270 e. The average molecular weight is 396 g/mol. The summed E-state index contributed by atoms with van der Waals surface area (Å²) >= 11 is 5.87. The summed E-state index contributed by atoms with van der Waals surface area (Å²) in [7, 11) is -3.89. The maximum atomic E-state index is 12.5. The number of halogens is 1. The number of fused-ring (bicyclic) bond motifs is 1. The molecule has 0 aliphatic carbocycles. The summed E-state index contributed by atoms with van der Waals surface area (Å²) in [6, 6.07) is 5.32. The van der Waals surface area contributed by atoms with E-state index in [0.29, 0.717) is 22.8 Å². The molecule has 0 saturated heterocycles. The van der Waals surface area contributed by atoms with E-state index in [0.717, 1.165) is 11.6 Å². The van der Waals surface area contributed by atoms with E-state index in [1.807, 2.05) is 0 Å². The number of non-ortho nitro benzene ring substituents is 1. The van der Waals surface area contributed by atoms with Gasteiger partial charge < -0.3 is 0 Å². The predicted octanol–water partition coefficient (Wildman–Crippen LogP) is 2.12. The lowest BCUT2D eigenvalue weighted by atomic mass is 10.2. The fourth-order valence-electron chi connectivity index (χ4n) is 2.46. The van der Waals surface area contributed by atoms with Crippen LogP contribution < -0.4 is 4.72 Å². The van der Waals surface area contributed by atoms with Crippen molar-refractivity contribution in [2.45, 2.75) is 18.2 Å². The fraction of sp³-hybridized carbons (Fsp3) is 0.200. The van der Waals surface area contributed by atoms with Crippen LogP contribution in [0, 0.1) is 17.0 Å². The lowest BCUT2D eigenvalue weighted by Crippen LogP contribution is -2.26. The van der Waals surface area contributed by atoms with E-state index in [2.05, 4.69) is 14.8 Å². The quantitative estimate of drug-likeness (QED) is 0.388. The molecule has 0 unspecified atom stereocenters. The van der Waals surface area contributed by atoms with Crippen LogP contribution in [0.3, 0.4) is 0 Å². The molecule has 0 aliphatic heterocycles. The zero-order valence-electron chi connectivity index (χ0n) is 13.6. The van der Waals surface area contributed by atoms with Crippen LogP contribution in [-0.2, 0) is 16.4 Å². The van der Waals surface area contributed by atoms with Gasteiger partial charge in [-0.2, -0.15) is 5.10 Å². The highest BCUT2D eigenvalue weighted by atomic mass is 35.5. The summed E-state index contributed by atoms with van der Waals surface area (Å²) in [5.41, 5.74) is 1.42. The van der Waals surface area contributed by atoms with Crippen molar-refractivity contribution in [3.05, 3.63) is 63.1 Å². The zero-order chi connectivity index (χ0) is 18.9. The number of nitro groups is 1. The van der Waals surface area contributed by atoms with Gasteiger partial charge in [0.05, 0.1) is 16.0 Å². The third-order valence-corrected chi connectivity index (χ3v) is 5.58. The van der Waals surface area contributed by atoms with Crippen LogP contribution in [0.4, 0.5) is 5.69 Å². The number of nitrogens with zero attached hydrogens (tertiary/aromatic N) is 4. The third-order valence-electron chi connectivity index (χ3n) is 3.77. The Kier molecular flexibility index (Phi) is 4.90. The lowest BCUT2D eigenvalue weighted by molar-refractivity contribution is -0.385. The normalized spacial score (nSPS) is 11.8. The number of nitrogens with one attached hydrogen (secondary N) is 1. The highest BCUT2D eigenvalue weighted by Crippen LogP contribution is 2.21. The van der Waals surface area contributed by atoms with Gasteiger partial charge in [0.15, 0.2) is 5.65 Å². The minimum absolute atomic E-state index is 0.0833. The van der Waals surface area contributed by atoms with Gasteiger partial charge in [0, 0.05) is 30.4 Å². The molecule has 0 spiro atoms. The molecule has 1 N–H and O–H groups in total. The van der Waals surface area contributed by atoms with Crippen molar-refractivity contribution < 1.29 is 13.3 Å². The minimum Gasteiger partial charge on any atom is -0.258 e. The lowest BCUT2D eigenvalue weighted by Gasteiger charge is -2.09. The topological polar surface area (TPSA) is 120 Å². The van der Waals surface area contributed by atoms with E-state index < -0.39 is 14.9 Å². The molecule has 136 valence electrons. The van der Waals surface area contributed by atoms with Crippen molar-refractivity contribution in [3.63, 3.8) is 0 Å². The second kappa shape index (κ2) is 6.98. The molecule has 11 heteroatoms. The summed E-state index contributed by atoms with van der Waals surface area (Å²) < 4.78 is 29.0. The molecule has 0 fully saturated rings. The van der Waals surface area contributed by atoms with Gasteiger partial charge in [0.25, 0.3) is 5.69 Å². The Morgan fingerprint density at radius 3 is 2.85 bits per heavy atom. The van der Waals surface area contributed by atoms with Gasteiger partial charge in [-0.05, 0) is 25.0 Å². The first-order valence-corrected chi connectivity index (χ1v) is 9.37. The summed E-state index contributed by atoms with van der Waals surface area (Å²) in [6.07, 6.45) is 3.58. The Bertz CT molecular complexity index is 1100. The van der Waals surface area contributed by atoms with Gasteiger partial charge in [-0.15, -0.1) is 0 Å². The zero-order valence-corrected chi connectivity index (χ0v) is 15.2. The van der Waals surface area contributed by atoms with Crippen LogP contribution >= 0.6 is 11.6 Å². The first kappa shape index (κ1) is 18.2. The molecule has 0 saturated carbocycles. The third kappa shape index (κ3) is 3.66. The first-order chi connectivity index (χ1) is 12.3. The second-order valence-electron chi connectivity index (χ2n) is 5.54. The van der Waals surface area contributed by atoms with E-state index in [1.54, 1.807) is 29.9 Å². The van der Waals surface area contributed by atoms with Crippen molar-refractivity contribution >= 4 is 33.0 Å². The van der Waals surface area contributed by atoms with Gasteiger partial charge in [0.1, 0.15) is 5.15 Å². The molecule has 0 atom stereocenters. The number of hydrogen-bond donors (Lipinski definition) is 1. The summed E-state index contributed by atoms with van der Waals surface area (Å²) in [6.45, 7) is 1.66. The smallest absolute Gasteiger partial charge is 0.258 e. The second-order valence-corrected chi connectivity index (χ2v) is 7.67. The molecule has 0 radical (unpaired) electrons. The van der Waals surface area contributed by atoms with Crippen molar-refractivity contribution in [1.29, 1.82) is 0 Å². The largest absolute Gasteiger partial charge is 0.270 e. The van der Waals surface area contributed by atoms with Gasteiger partial charge in [-0.3, -0.25) is 10.1 Å². The number of aromatic nitrogens is 3. The SMILES string of the molecule is Cc1ccc([N+](=O)[O-])cc1S(=O)(=O)NCCc1cnn2ccc(Cl)nc12. The Morgan fingerprint density at radius 1 is 1.35 bits per heavy atom. The molecule has 0 aliphatic rings. The number of nitro benzene ring substituents is 1. The summed E-state index contributed by atoms with van der Waals surface area (Å²) in [5, 5.41) is 15.3. The van der Waals surface area contributed by atoms with E-state index in [1.165, 1.54) is 12.1 Å². The fourth-order valence-corrected chi connectivity index (χ4v) is 3.89. The van der Waals surface area contributed by atoms with Crippen LogP contribution in [0.15, 0.2) is 41.6 Å². The maximum absolute atomic E-state index is 12.5. The molecule has 26 heavy (non-hydrogen) atoms. The van der Waals surface area contributed by atoms with Crippen LogP contribution in [0.1, 0.15) is 11.1 Å². The predicted molar refractivity (Wildman–Crippen MR) is 94.7 cm³/mol. The molecule has 2 aromatic heterocycles. The van der Waals surface area contributed by atoms with Crippen LogP contribution in [-0.4, -0.2) is 34.5 Å². The van der Waals surface area contributed by atoms with E-state index in [-0.39, 0.29) is 17.1 Å². The molecular weight excluding hydrogens is 382 g/mol. The number of benzene rings is 1. The Labute approximate surface area is 153 Å². The molecule has 3 rings (SSSR count). The monoisotopic (exact) mass is 395 g/mol. The molecular formula is C15H14ClN5O4S. The van der Waals surface area contributed by atoms with Crippen molar-refractivity contribution in [1.82, 2.24) is 19.3 Å². The Balaban J connectivity index is 1.77. The average Bonchev–Trinajstić information content (AvgIpc) is 2.97. The number of aryl methyl sites for hydroxylation is 1. The van der Waals surface area contributed by atoms with E-state index in [9.17, 15) is 18.5 Å². The van der Waals surface area contributed by atoms with Crippen LogP contribution in [0.2, 0.25) is 5.15 Å². The van der Waals surface area contributed by atoms with Crippen molar-refractivity contribution in [2.24, 2.45) is 0 Å². The Morgan fingerprint density at radius 2 is 2.12 bits per heavy atom. The van der Waals surface area contributed by atoms with Gasteiger partial charge in [0.2, 0.25) is 10.0 Å². The highest BCUT2D eigenvalue weighted by Gasteiger charge is 2.20. The van der Waals surface area contributed by atoms with Gasteiger partial charge in [-0.25, -0.2) is 22.6 Å². The van der Waals surface area contributed by atoms with Gasteiger partial charge in [-0.1, -0.05) is 17.7 Å². The molecule has 1 aromatic carbocycles. The summed E-state index contributed by atoms with van der Waals surface area (Å²) in [5.74, 6) is 0. The molecule has 0 bridgehead atoms. The van der Waals surface area contributed by atoms with Gasteiger partial charge >= 0.3 is 0 Å². The van der Waals surface area contributed by atoms with Crippen molar-refractivity contribution in [3.8, 4) is 0 Å². The standard InChI is InChI=1S/C15H14ClN5O4S/c1-10-2-3-12(21(22)23)8-13(10)26(24,25)18-6-4-11-9-17-20-7-5-14(16)19-15(11)20/h2-3,5,7-9,18H,4,6H2,1H3. The molecule has 9 nitrogen and oxygen atoms in total. The molecule has 3 aromatic rings. The Hall–Kier alpha value is -2.56. The van der Waals surface area contributed by atoms with Crippen molar-refractivity contribution in [2.75, 3.05) is 6.54 Å².